The molecule has 19 heavy (non-hydrogen) atoms. The molecular formula is C14H22N2O2S. The highest BCUT2D eigenvalue weighted by molar-refractivity contribution is 7.13. The molecule has 1 atom stereocenters. The van der Waals surface area contributed by atoms with E-state index >= 15 is 0 Å². The van der Waals surface area contributed by atoms with E-state index in [0.29, 0.717) is 18.1 Å². The zero-order valence-corrected chi connectivity index (χ0v) is 12.7. The predicted octanol–water partition coefficient (Wildman–Crippen LogP) is 3.24. The molecule has 106 valence electrons. The Labute approximate surface area is 118 Å². The summed E-state index contributed by atoms with van der Waals surface area (Å²) in [5.74, 6) is -0.207. The molecule has 1 saturated carbocycles. The second-order valence-corrected chi connectivity index (χ2v) is 6.73. The van der Waals surface area contributed by atoms with Crippen LogP contribution in [0.2, 0.25) is 0 Å². The number of thiazole rings is 1. The third kappa shape index (κ3) is 4.20. The summed E-state index contributed by atoms with van der Waals surface area (Å²) >= 11 is 1.57. The van der Waals surface area contributed by atoms with Crippen LogP contribution in [0.3, 0.4) is 0 Å². The molecule has 1 aliphatic rings. The summed E-state index contributed by atoms with van der Waals surface area (Å²) < 4.78 is 4.92. The quantitative estimate of drug-likeness (QED) is 0.842. The van der Waals surface area contributed by atoms with Crippen LogP contribution in [0.1, 0.15) is 45.7 Å². The highest BCUT2D eigenvalue weighted by Crippen LogP contribution is 2.38. The Bertz CT molecular complexity index is 442. The summed E-state index contributed by atoms with van der Waals surface area (Å²) in [6.07, 6.45) is 3.90. The molecule has 1 aromatic heterocycles. The van der Waals surface area contributed by atoms with Crippen molar-refractivity contribution in [3.05, 3.63) is 11.1 Å². The Morgan fingerprint density at radius 2 is 2.42 bits per heavy atom. The molecule has 1 aromatic rings. The van der Waals surface area contributed by atoms with Crippen LogP contribution in [-0.4, -0.2) is 23.6 Å². The minimum atomic E-state index is -0.207. The number of aromatic nitrogens is 1. The Morgan fingerprint density at radius 1 is 1.63 bits per heavy atom. The highest BCUT2D eigenvalue weighted by atomic mass is 32.1. The van der Waals surface area contributed by atoms with Crippen molar-refractivity contribution < 1.29 is 9.53 Å². The second-order valence-electron chi connectivity index (χ2n) is 5.87. The number of hydrogen-bond donors (Lipinski definition) is 1. The molecule has 1 fully saturated rings. The lowest BCUT2D eigenvalue weighted by Crippen LogP contribution is -2.17. The van der Waals surface area contributed by atoms with Gasteiger partial charge in [-0.2, -0.15) is 0 Å². The van der Waals surface area contributed by atoms with E-state index in [2.05, 4.69) is 24.1 Å². The van der Waals surface area contributed by atoms with Gasteiger partial charge in [0.2, 0.25) is 0 Å². The number of nitrogens with zero attached hydrogens (tertiary/aromatic N) is 1. The largest absolute Gasteiger partial charge is 0.466 e. The molecule has 1 heterocycles. The van der Waals surface area contributed by atoms with E-state index < -0.39 is 0 Å². The summed E-state index contributed by atoms with van der Waals surface area (Å²) in [6, 6.07) is 0.511. The van der Waals surface area contributed by atoms with Gasteiger partial charge >= 0.3 is 5.97 Å². The molecule has 0 radical (unpaired) electrons. The summed E-state index contributed by atoms with van der Waals surface area (Å²) in [5.41, 5.74) is 1.23. The molecule has 0 saturated heterocycles. The number of carbonyl (C=O) groups excluding carboxylic acids is 1. The average Bonchev–Trinajstić information content (AvgIpc) is 2.86. The predicted molar refractivity (Wildman–Crippen MR) is 77.5 cm³/mol. The van der Waals surface area contributed by atoms with Crippen LogP contribution in [0.5, 0.6) is 0 Å². The minimum Gasteiger partial charge on any atom is -0.466 e. The van der Waals surface area contributed by atoms with Crippen LogP contribution in [-0.2, 0) is 16.0 Å². The van der Waals surface area contributed by atoms with Gasteiger partial charge in [0.1, 0.15) is 0 Å². The lowest BCUT2D eigenvalue weighted by molar-refractivity contribution is -0.142. The zero-order valence-electron chi connectivity index (χ0n) is 11.9. The minimum absolute atomic E-state index is 0.207. The van der Waals surface area contributed by atoms with Crippen LogP contribution in [0.4, 0.5) is 5.13 Å². The van der Waals surface area contributed by atoms with Crippen LogP contribution in [0, 0.1) is 5.41 Å². The smallest absolute Gasteiger partial charge is 0.311 e. The monoisotopic (exact) mass is 282 g/mol. The first-order valence-corrected chi connectivity index (χ1v) is 7.73. The van der Waals surface area contributed by atoms with Crippen molar-refractivity contribution in [3.8, 4) is 0 Å². The number of carbonyl (C=O) groups is 1. The Kier molecular flexibility index (Phi) is 4.45. The van der Waals surface area contributed by atoms with Crippen LogP contribution >= 0.6 is 11.3 Å². The summed E-state index contributed by atoms with van der Waals surface area (Å²) in [4.78, 5) is 15.8. The summed E-state index contributed by atoms with van der Waals surface area (Å²) in [6.45, 7) is 6.85. The molecule has 1 aliphatic carbocycles. The van der Waals surface area contributed by atoms with Gasteiger partial charge in [-0.25, -0.2) is 4.98 Å². The van der Waals surface area contributed by atoms with Gasteiger partial charge in [-0.05, 0) is 31.6 Å². The first kappa shape index (κ1) is 14.3. The molecule has 5 heteroatoms. The van der Waals surface area contributed by atoms with Crippen molar-refractivity contribution >= 4 is 22.4 Å². The lowest BCUT2D eigenvalue weighted by Gasteiger charge is -2.17. The van der Waals surface area contributed by atoms with Crippen LogP contribution in [0.15, 0.2) is 5.38 Å². The van der Waals surface area contributed by atoms with Gasteiger partial charge < -0.3 is 10.1 Å². The van der Waals surface area contributed by atoms with E-state index in [-0.39, 0.29) is 12.4 Å². The average molecular weight is 282 g/mol. The number of anilines is 1. The molecule has 0 amide bonds. The number of hydrogen-bond acceptors (Lipinski definition) is 5. The molecule has 0 spiro atoms. The van der Waals surface area contributed by atoms with E-state index in [1.54, 1.807) is 11.3 Å². The van der Waals surface area contributed by atoms with Crippen molar-refractivity contribution in [3.63, 3.8) is 0 Å². The molecular weight excluding hydrogens is 260 g/mol. The van der Waals surface area contributed by atoms with Gasteiger partial charge in [0.05, 0.1) is 18.7 Å². The second kappa shape index (κ2) is 5.90. The maximum atomic E-state index is 11.4. The van der Waals surface area contributed by atoms with Gasteiger partial charge in [-0.3, -0.25) is 4.79 Å². The highest BCUT2D eigenvalue weighted by Gasteiger charge is 2.31. The number of ether oxygens (including phenoxy) is 1. The van der Waals surface area contributed by atoms with Crippen molar-refractivity contribution in [2.45, 2.75) is 52.5 Å². The van der Waals surface area contributed by atoms with E-state index in [9.17, 15) is 4.79 Å². The molecule has 1 unspecified atom stereocenters. The van der Waals surface area contributed by atoms with Crippen molar-refractivity contribution in [2.75, 3.05) is 11.9 Å². The van der Waals surface area contributed by atoms with E-state index in [1.165, 1.54) is 19.3 Å². The molecule has 0 aromatic carbocycles. The maximum absolute atomic E-state index is 11.4. The van der Waals surface area contributed by atoms with Gasteiger partial charge in [0, 0.05) is 11.4 Å². The van der Waals surface area contributed by atoms with Gasteiger partial charge in [0.25, 0.3) is 0 Å². The lowest BCUT2D eigenvalue weighted by atomic mass is 9.92. The maximum Gasteiger partial charge on any atom is 0.311 e. The van der Waals surface area contributed by atoms with Gasteiger partial charge in [-0.1, -0.05) is 13.8 Å². The SMILES string of the molecule is CCOC(=O)Cc1csc(NC2CCC(C)(C)C2)n1. The molecule has 0 bridgehead atoms. The first-order chi connectivity index (χ1) is 8.98. The number of rotatable bonds is 5. The van der Waals surface area contributed by atoms with Crippen LogP contribution in [0.25, 0.3) is 0 Å². The normalized spacial score (nSPS) is 21.3. The van der Waals surface area contributed by atoms with Crippen LogP contribution < -0.4 is 5.32 Å². The summed E-state index contributed by atoms with van der Waals surface area (Å²) in [7, 11) is 0. The van der Waals surface area contributed by atoms with Gasteiger partial charge in [0.15, 0.2) is 5.13 Å². The molecule has 2 rings (SSSR count). The number of nitrogens with one attached hydrogen (secondary N) is 1. The summed E-state index contributed by atoms with van der Waals surface area (Å²) in [5, 5.41) is 6.33. The topological polar surface area (TPSA) is 51.2 Å². The molecule has 1 N–H and O–H groups in total. The molecule has 0 aliphatic heterocycles. The number of esters is 1. The van der Waals surface area contributed by atoms with E-state index in [1.807, 2.05) is 12.3 Å². The first-order valence-electron chi connectivity index (χ1n) is 6.85. The Morgan fingerprint density at radius 3 is 3.05 bits per heavy atom. The van der Waals surface area contributed by atoms with E-state index in [0.717, 1.165) is 10.8 Å². The molecule has 4 nitrogen and oxygen atoms in total. The Balaban J connectivity index is 1.86. The standard InChI is InChI=1S/C14H22N2O2S/c1-4-18-12(17)7-11-9-19-13(16-11)15-10-5-6-14(2,3)8-10/h9-10H,4-8H2,1-3H3,(H,15,16). The van der Waals surface area contributed by atoms with Crippen molar-refractivity contribution in [1.29, 1.82) is 0 Å². The van der Waals surface area contributed by atoms with Crippen molar-refractivity contribution in [2.24, 2.45) is 5.41 Å². The zero-order chi connectivity index (χ0) is 13.9. The van der Waals surface area contributed by atoms with Gasteiger partial charge in [-0.15, -0.1) is 11.3 Å². The fourth-order valence-corrected chi connectivity index (χ4v) is 3.34. The Hall–Kier alpha value is -1.10. The van der Waals surface area contributed by atoms with E-state index in [4.69, 9.17) is 4.74 Å². The fraction of sp³-hybridized carbons (Fsp3) is 0.714. The third-order valence-electron chi connectivity index (χ3n) is 3.48. The third-order valence-corrected chi connectivity index (χ3v) is 4.30. The fourth-order valence-electron chi connectivity index (χ4n) is 2.55. The van der Waals surface area contributed by atoms with Crippen molar-refractivity contribution in [1.82, 2.24) is 4.98 Å².